The van der Waals surface area contributed by atoms with Gasteiger partial charge in [0.1, 0.15) is 17.5 Å². The lowest BCUT2D eigenvalue weighted by atomic mass is 10.1. The van der Waals surface area contributed by atoms with Gasteiger partial charge in [-0.15, -0.1) is 0 Å². The quantitative estimate of drug-likeness (QED) is 0.730. The number of nitrogens with zero attached hydrogens (tertiary/aromatic N) is 1. The Balaban J connectivity index is 1.97. The highest BCUT2D eigenvalue weighted by Gasteiger charge is 2.15. The fraction of sp³-hybridized carbons (Fsp3) is 0.368. The number of aromatic nitrogens is 1. The van der Waals surface area contributed by atoms with Crippen LogP contribution in [0.4, 0.5) is 0 Å². The Kier molecular flexibility index (Phi) is 6.75. The van der Waals surface area contributed by atoms with Crippen molar-refractivity contribution in [2.24, 2.45) is 0 Å². The zero-order valence-corrected chi connectivity index (χ0v) is 14.2. The van der Waals surface area contributed by atoms with E-state index >= 15 is 0 Å². The largest absolute Gasteiger partial charge is 0.480 e. The molecule has 0 saturated carbocycles. The summed E-state index contributed by atoms with van der Waals surface area (Å²) in [5, 5.41) is 12.4. The van der Waals surface area contributed by atoms with Crippen LogP contribution < -0.4 is 10.1 Å². The second-order valence-corrected chi connectivity index (χ2v) is 5.80. The van der Waals surface area contributed by atoms with Crippen molar-refractivity contribution < 1.29 is 14.6 Å². The Bertz CT molecular complexity index is 659. The van der Waals surface area contributed by atoms with E-state index < -0.39 is 12.0 Å². The summed E-state index contributed by atoms with van der Waals surface area (Å²) in [6.45, 7) is 4.55. The highest BCUT2D eigenvalue weighted by Crippen LogP contribution is 2.25. The van der Waals surface area contributed by atoms with E-state index in [1.54, 1.807) is 12.4 Å². The highest BCUT2D eigenvalue weighted by molar-refractivity contribution is 5.73. The number of ether oxygens (including phenoxy) is 1. The minimum Gasteiger partial charge on any atom is -0.480 e. The first kappa shape index (κ1) is 17.9. The van der Waals surface area contributed by atoms with Gasteiger partial charge in [0.05, 0.1) is 6.20 Å². The lowest BCUT2D eigenvalue weighted by molar-refractivity contribution is -0.139. The number of nitrogens with one attached hydrogen (secondary N) is 1. The number of rotatable bonds is 9. The van der Waals surface area contributed by atoms with Gasteiger partial charge in [0.25, 0.3) is 0 Å². The summed E-state index contributed by atoms with van der Waals surface area (Å²) in [5.74, 6) is 0.668. The van der Waals surface area contributed by atoms with E-state index in [4.69, 9.17) is 4.74 Å². The van der Waals surface area contributed by atoms with Crippen LogP contribution in [-0.2, 0) is 11.3 Å². The van der Waals surface area contributed by atoms with E-state index in [0.29, 0.717) is 18.7 Å². The lowest BCUT2D eigenvalue weighted by Gasteiger charge is -2.15. The number of carbonyl (C=O) groups is 1. The number of aliphatic carboxylic acids is 1. The van der Waals surface area contributed by atoms with Crippen LogP contribution >= 0.6 is 0 Å². The monoisotopic (exact) mass is 328 g/mol. The van der Waals surface area contributed by atoms with E-state index in [9.17, 15) is 9.90 Å². The molecule has 0 fully saturated rings. The van der Waals surface area contributed by atoms with Gasteiger partial charge >= 0.3 is 5.97 Å². The van der Waals surface area contributed by atoms with E-state index in [1.807, 2.05) is 37.3 Å². The summed E-state index contributed by atoms with van der Waals surface area (Å²) in [6.07, 6.45) is 5.91. The molecule has 1 heterocycles. The van der Waals surface area contributed by atoms with Crippen LogP contribution in [0.25, 0.3) is 0 Å². The first-order valence-corrected chi connectivity index (χ1v) is 8.23. The molecule has 24 heavy (non-hydrogen) atoms. The van der Waals surface area contributed by atoms with Gasteiger partial charge in [0.15, 0.2) is 0 Å². The predicted octanol–water partition coefficient (Wildman–Crippen LogP) is 3.92. The standard InChI is InChI=1S/C19H24N2O3/c1-3-4-7-17(19(22)23)21-12-15-8-9-18(14(2)11-15)24-16-6-5-10-20-13-16/h5-6,8-11,13,17,21H,3-4,7,12H2,1-2H3,(H,22,23)/t17-/m0/s1. The predicted molar refractivity (Wildman–Crippen MR) is 93.3 cm³/mol. The molecule has 0 unspecified atom stereocenters. The molecule has 0 aliphatic rings. The molecule has 2 rings (SSSR count). The van der Waals surface area contributed by atoms with Crippen LogP contribution in [0.1, 0.15) is 37.3 Å². The molecule has 5 nitrogen and oxygen atoms in total. The molecule has 0 aliphatic carbocycles. The molecule has 2 aromatic rings. The zero-order valence-electron chi connectivity index (χ0n) is 14.2. The molecular formula is C19H24N2O3. The molecule has 0 spiro atoms. The summed E-state index contributed by atoms with van der Waals surface area (Å²) in [6, 6.07) is 9.04. The second-order valence-electron chi connectivity index (χ2n) is 5.80. The van der Waals surface area contributed by atoms with Gasteiger partial charge in [-0.25, -0.2) is 0 Å². The van der Waals surface area contributed by atoms with Crippen molar-refractivity contribution in [3.63, 3.8) is 0 Å². The molecule has 5 heteroatoms. The first-order chi connectivity index (χ1) is 11.6. The van der Waals surface area contributed by atoms with Gasteiger partial charge in [0.2, 0.25) is 0 Å². The molecule has 128 valence electrons. The van der Waals surface area contributed by atoms with E-state index in [0.717, 1.165) is 29.7 Å². The molecule has 2 N–H and O–H groups in total. The smallest absolute Gasteiger partial charge is 0.320 e. The third kappa shape index (κ3) is 5.35. The number of pyridine rings is 1. The SMILES string of the molecule is CCCC[C@H](NCc1ccc(Oc2cccnc2)c(C)c1)C(=O)O. The summed E-state index contributed by atoms with van der Waals surface area (Å²) in [5.41, 5.74) is 2.03. The highest BCUT2D eigenvalue weighted by atomic mass is 16.5. The van der Waals surface area contributed by atoms with Crippen molar-refractivity contribution in [1.29, 1.82) is 0 Å². The average Bonchev–Trinajstić information content (AvgIpc) is 2.58. The number of carboxylic acids is 1. The van der Waals surface area contributed by atoms with Gasteiger partial charge in [-0.05, 0) is 42.7 Å². The zero-order chi connectivity index (χ0) is 17.4. The minimum absolute atomic E-state index is 0.503. The Labute approximate surface area is 142 Å². The topological polar surface area (TPSA) is 71.5 Å². The van der Waals surface area contributed by atoms with Crippen molar-refractivity contribution in [2.45, 2.75) is 45.7 Å². The first-order valence-electron chi connectivity index (χ1n) is 8.23. The number of unbranched alkanes of at least 4 members (excludes halogenated alkanes) is 1. The van der Waals surface area contributed by atoms with Gasteiger partial charge < -0.3 is 15.2 Å². The number of carboxylic acid groups (broad SMARTS) is 1. The van der Waals surface area contributed by atoms with Crippen molar-refractivity contribution in [3.8, 4) is 11.5 Å². The number of hydrogen-bond acceptors (Lipinski definition) is 4. The number of benzene rings is 1. The normalized spacial score (nSPS) is 11.9. The molecule has 0 amide bonds. The summed E-state index contributed by atoms with van der Waals surface area (Å²) >= 11 is 0. The number of aryl methyl sites for hydroxylation is 1. The summed E-state index contributed by atoms with van der Waals surface area (Å²) in [7, 11) is 0. The molecular weight excluding hydrogens is 304 g/mol. The van der Waals surface area contributed by atoms with Crippen LogP contribution in [0.3, 0.4) is 0 Å². The van der Waals surface area contributed by atoms with Gasteiger partial charge in [-0.1, -0.05) is 31.9 Å². The summed E-state index contributed by atoms with van der Waals surface area (Å²) in [4.78, 5) is 15.3. The average molecular weight is 328 g/mol. The Morgan fingerprint density at radius 1 is 1.38 bits per heavy atom. The maximum Gasteiger partial charge on any atom is 0.320 e. The van der Waals surface area contributed by atoms with Crippen LogP contribution in [0.2, 0.25) is 0 Å². The number of hydrogen-bond donors (Lipinski definition) is 2. The van der Waals surface area contributed by atoms with Gasteiger partial charge in [0, 0.05) is 12.7 Å². The Morgan fingerprint density at radius 3 is 2.83 bits per heavy atom. The van der Waals surface area contributed by atoms with Gasteiger partial charge in [-0.3, -0.25) is 9.78 Å². The third-order valence-corrected chi connectivity index (χ3v) is 3.80. The molecule has 0 bridgehead atoms. The van der Waals surface area contributed by atoms with Gasteiger partial charge in [-0.2, -0.15) is 0 Å². The van der Waals surface area contributed by atoms with Crippen molar-refractivity contribution >= 4 is 5.97 Å². The molecule has 1 aromatic heterocycles. The maximum atomic E-state index is 11.3. The third-order valence-electron chi connectivity index (χ3n) is 3.80. The molecule has 0 aliphatic heterocycles. The van der Waals surface area contributed by atoms with E-state index in [1.165, 1.54) is 0 Å². The van der Waals surface area contributed by atoms with Crippen LogP contribution in [0, 0.1) is 6.92 Å². The van der Waals surface area contributed by atoms with Crippen LogP contribution in [0.15, 0.2) is 42.7 Å². The van der Waals surface area contributed by atoms with Crippen molar-refractivity contribution in [1.82, 2.24) is 10.3 Å². The van der Waals surface area contributed by atoms with Crippen LogP contribution in [-0.4, -0.2) is 22.1 Å². The Morgan fingerprint density at radius 2 is 2.21 bits per heavy atom. The molecule has 0 radical (unpaired) electrons. The summed E-state index contributed by atoms with van der Waals surface area (Å²) < 4.78 is 5.80. The lowest BCUT2D eigenvalue weighted by Crippen LogP contribution is -2.36. The Hall–Kier alpha value is -2.40. The van der Waals surface area contributed by atoms with E-state index in [-0.39, 0.29) is 0 Å². The molecule has 1 atom stereocenters. The van der Waals surface area contributed by atoms with E-state index in [2.05, 4.69) is 17.2 Å². The van der Waals surface area contributed by atoms with Crippen molar-refractivity contribution in [2.75, 3.05) is 0 Å². The van der Waals surface area contributed by atoms with Crippen LogP contribution in [0.5, 0.6) is 11.5 Å². The fourth-order valence-electron chi connectivity index (χ4n) is 2.43. The minimum atomic E-state index is -0.795. The molecule has 0 saturated heterocycles. The fourth-order valence-corrected chi connectivity index (χ4v) is 2.43. The second kappa shape index (κ2) is 9.03. The molecule has 1 aromatic carbocycles. The van der Waals surface area contributed by atoms with Crippen molar-refractivity contribution in [3.05, 3.63) is 53.9 Å². The maximum absolute atomic E-state index is 11.3.